The normalized spacial score (nSPS) is 10.3. The van der Waals surface area contributed by atoms with Crippen LogP contribution in [0.3, 0.4) is 0 Å². The van der Waals surface area contributed by atoms with Gasteiger partial charge in [0.2, 0.25) is 0 Å². The summed E-state index contributed by atoms with van der Waals surface area (Å²) in [5, 5.41) is 3.21. The smallest absolute Gasteiger partial charge is 0.337 e. The Morgan fingerprint density at radius 2 is 2.05 bits per heavy atom. The van der Waals surface area contributed by atoms with Gasteiger partial charge in [-0.15, -0.1) is 0 Å². The molecule has 0 bridgehead atoms. The molecule has 0 radical (unpaired) electrons. The molecule has 0 aromatic heterocycles. The van der Waals surface area contributed by atoms with Crippen molar-refractivity contribution in [1.29, 1.82) is 0 Å². The second-order valence-electron chi connectivity index (χ2n) is 4.61. The van der Waals surface area contributed by atoms with Gasteiger partial charge >= 0.3 is 5.97 Å². The van der Waals surface area contributed by atoms with Crippen molar-refractivity contribution in [2.75, 3.05) is 12.4 Å². The second kappa shape index (κ2) is 6.72. The summed E-state index contributed by atoms with van der Waals surface area (Å²) in [6, 6.07) is 9.82. The molecule has 0 atom stereocenters. The minimum atomic E-state index is -0.384. The zero-order valence-electron chi connectivity index (χ0n) is 11.7. The lowest BCUT2D eigenvalue weighted by Crippen LogP contribution is -2.06. The van der Waals surface area contributed by atoms with Crippen LogP contribution in [0.25, 0.3) is 0 Å². The average Bonchev–Trinajstić information content (AvgIpc) is 2.48. The molecule has 0 amide bonds. The van der Waals surface area contributed by atoms with E-state index in [0.717, 1.165) is 21.3 Å². The minimum absolute atomic E-state index is 0.282. The van der Waals surface area contributed by atoms with Crippen LogP contribution in [0.1, 0.15) is 21.5 Å². The van der Waals surface area contributed by atoms with E-state index in [1.54, 1.807) is 18.2 Å². The maximum atomic E-state index is 13.3. The summed E-state index contributed by atoms with van der Waals surface area (Å²) >= 11 is 3.39. The Bertz CT molecular complexity index is 673. The SMILES string of the molecule is COC(=O)c1ccc(C)c(NCc2cc(F)ccc2Br)c1. The van der Waals surface area contributed by atoms with Crippen LogP contribution in [-0.4, -0.2) is 13.1 Å². The lowest BCUT2D eigenvalue weighted by Gasteiger charge is -2.12. The van der Waals surface area contributed by atoms with Crippen molar-refractivity contribution >= 4 is 27.6 Å². The number of carbonyl (C=O) groups is 1. The minimum Gasteiger partial charge on any atom is -0.465 e. The molecule has 2 aromatic carbocycles. The topological polar surface area (TPSA) is 38.3 Å². The third-order valence-corrected chi connectivity index (χ3v) is 3.91. The summed E-state index contributed by atoms with van der Waals surface area (Å²) in [6.07, 6.45) is 0. The van der Waals surface area contributed by atoms with Gasteiger partial charge in [-0.2, -0.15) is 0 Å². The van der Waals surface area contributed by atoms with E-state index in [1.165, 1.54) is 19.2 Å². The van der Waals surface area contributed by atoms with Crippen LogP contribution in [0.15, 0.2) is 40.9 Å². The number of carbonyl (C=O) groups excluding carboxylic acids is 1. The van der Waals surface area contributed by atoms with Gasteiger partial charge in [0.1, 0.15) is 5.82 Å². The molecule has 3 nitrogen and oxygen atoms in total. The zero-order valence-corrected chi connectivity index (χ0v) is 13.3. The molecule has 0 saturated heterocycles. The highest BCUT2D eigenvalue weighted by Crippen LogP contribution is 2.22. The van der Waals surface area contributed by atoms with Crippen LogP contribution in [0, 0.1) is 12.7 Å². The maximum Gasteiger partial charge on any atom is 0.337 e. The number of anilines is 1. The summed E-state index contributed by atoms with van der Waals surface area (Å²) in [5.74, 6) is -0.667. The first-order chi connectivity index (χ1) is 10.0. The third kappa shape index (κ3) is 3.82. The Hall–Kier alpha value is -1.88. The predicted molar refractivity (Wildman–Crippen MR) is 83.9 cm³/mol. The average molecular weight is 352 g/mol. The van der Waals surface area contributed by atoms with E-state index in [-0.39, 0.29) is 11.8 Å². The Morgan fingerprint density at radius 3 is 2.76 bits per heavy atom. The summed E-state index contributed by atoms with van der Waals surface area (Å²) < 4.78 is 18.8. The van der Waals surface area contributed by atoms with Crippen LogP contribution in [-0.2, 0) is 11.3 Å². The van der Waals surface area contributed by atoms with Crippen molar-refractivity contribution in [2.45, 2.75) is 13.5 Å². The number of hydrogen-bond acceptors (Lipinski definition) is 3. The number of esters is 1. The number of halogens is 2. The van der Waals surface area contributed by atoms with Gasteiger partial charge in [0.05, 0.1) is 12.7 Å². The van der Waals surface area contributed by atoms with Gasteiger partial charge in [-0.3, -0.25) is 0 Å². The van der Waals surface area contributed by atoms with E-state index in [2.05, 4.69) is 21.2 Å². The molecule has 2 rings (SSSR count). The first-order valence-electron chi connectivity index (χ1n) is 6.38. The van der Waals surface area contributed by atoms with Crippen molar-refractivity contribution in [3.63, 3.8) is 0 Å². The van der Waals surface area contributed by atoms with Crippen LogP contribution in [0.5, 0.6) is 0 Å². The molecule has 0 aliphatic carbocycles. The van der Waals surface area contributed by atoms with Gasteiger partial charge < -0.3 is 10.1 Å². The van der Waals surface area contributed by atoms with E-state index in [9.17, 15) is 9.18 Å². The number of ether oxygens (including phenoxy) is 1. The van der Waals surface area contributed by atoms with Crippen LogP contribution in [0.2, 0.25) is 0 Å². The Balaban J connectivity index is 2.19. The first kappa shape index (κ1) is 15.5. The fraction of sp³-hybridized carbons (Fsp3) is 0.188. The van der Waals surface area contributed by atoms with Gasteiger partial charge in [0.15, 0.2) is 0 Å². The fourth-order valence-corrected chi connectivity index (χ4v) is 2.31. The van der Waals surface area contributed by atoms with Crippen LogP contribution >= 0.6 is 15.9 Å². The first-order valence-corrected chi connectivity index (χ1v) is 7.17. The van der Waals surface area contributed by atoms with Crippen molar-refractivity contribution in [3.8, 4) is 0 Å². The van der Waals surface area contributed by atoms with E-state index in [0.29, 0.717) is 12.1 Å². The van der Waals surface area contributed by atoms with Gasteiger partial charge in [0, 0.05) is 16.7 Å². The number of hydrogen-bond donors (Lipinski definition) is 1. The monoisotopic (exact) mass is 351 g/mol. The summed E-state index contributed by atoms with van der Waals surface area (Å²) in [5.41, 5.74) is 3.09. The molecule has 0 aliphatic heterocycles. The predicted octanol–water partition coefficient (Wildman–Crippen LogP) is 4.30. The lowest BCUT2D eigenvalue weighted by atomic mass is 10.1. The van der Waals surface area contributed by atoms with E-state index in [1.807, 2.05) is 13.0 Å². The van der Waals surface area contributed by atoms with E-state index >= 15 is 0 Å². The van der Waals surface area contributed by atoms with Crippen molar-refractivity contribution in [1.82, 2.24) is 0 Å². The van der Waals surface area contributed by atoms with E-state index in [4.69, 9.17) is 4.74 Å². The standard InChI is InChI=1S/C16H15BrFNO2/c1-10-3-4-11(16(20)21-2)8-15(10)19-9-12-7-13(18)5-6-14(12)17/h3-8,19H,9H2,1-2H3. The number of methoxy groups -OCH3 is 1. The molecule has 0 heterocycles. The highest BCUT2D eigenvalue weighted by Gasteiger charge is 2.08. The van der Waals surface area contributed by atoms with Crippen molar-refractivity contribution < 1.29 is 13.9 Å². The zero-order chi connectivity index (χ0) is 15.4. The molecule has 0 unspecified atom stereocenters. The van der Waals surface area contributed by atoms with Gasteiger partial charge in [-0.25, -0.2) is 9.18 Å². The molecule has 0 saturated carbocycles. The lowest BCUT2D eigenvalue weighted by molar-refractivity contribution is 0.0601. The second-order valence-corrected chi connectivity index (χ2v) is 5.46. The maximum absolute atomic E-state index is 13.3. The van der Waals surface area contributed by atoms with Crippen molar-refractivity contribution in [3.05, 3.63) is 63.4 Å². The van der Waals surface area contributed by atoms with E-state index < -0.39 is 0 Å². The van der Waals surface area contributed by atoms with Gasteiger partial charge in [0.25, 0.3) is 0 Å². The molecular weight excluding hydrogens is 337 g/mol. The fourth-order valence-electron chi connectivity index (χ4n) is 1.93. The Kier molecular flexibility index (Phi) is 4.96. The van der Waals surface area contributed by atoms with Crippen LogP contribution < -0.4 is 5.32 Å². The summed E-state index contributed by atoms with van der Waals surface area (Å²) in [4.78, 5) is 11.5. The molecule has 110 valence electrons. The van der Waals surface area contributed by atoms with Crippen LogP contribution in [0.4, 0.5) is 10.1 Å². The number of benzene rings is 2. The molecule has 21 heavy (non-hydrogen) atoms. The van der Waals surface area contributed by atoms with Crippen molar-refractivity contribution in [2.24, 2.45) is 0 Å². The number of aryl methyl sites for hydroxylation is 1. The molecular formula is C16H15BrFNO2. The molecule has 1 N–H and O–H groups in total. The molecule has 0 spiro atoms. The quantitative estimate of drug-likeness (QED) is 0.834. The summed E-state index contributed by atoms with van der Waals surface area (Å²) in [7, 11) is 1.35. The Labute approximate surface area is 131 Å². The summed E-state index contributed by atoms with van der Waals surface area (Å²) in [6.45, 7) is 2.38. The third-order valence-electron chi connectivity index (χ3n) is 3.14. The number of rotatable bonds is 4. The van der Waals surface area contributed by atoms with Gasteiger partial charge in [-0.05, 0) is 48.4 Å². The Morgan fingerprint density at radius 1 is 1.29 bits per heavy atom. The van der Waals surface area contributed by atoms with Gasteiger partial charge in [-0.1, -0.05) is 22.0 Å². The molecule has 2 aromatic rings. The molecule has 0 fully saturated rings. The highest BCUT2D eigenvalue weighted by molar-refractivity contribution is 9.10. The number of nitrogens with one attached hydrogen (secondary N) is 1. The largest absolute Gasteiger partial charge is 0.465 e. The molecule has 5 heteroatoms. The molecule has 0 aliphatic rings. The highest BCUT2D eigenvalue weighted by atomic mass is 79.9.